The topological polar surface area (TPSA) is 72.7 Å². The number of carboxylic acid groups (broad SMARTS) is 1. The lowest BCUT2D eigenvalue weighted by Gasteiger charge is -2.11. The lowest BCUT2D eigenvalue weighted by Crippen LogP contribution is -2.07. The minimum absolute atomic E-state index is 0.0398. The number of ether oxygens (including phenoxy) is 2. The number of nitrogens with one attached hydrogen (secondary N) is 1. The van der Waals surface area contributed by atoms with Crippen molar-refractivity contribution >= 4 is 22.6 Å². The van der Waals surface area contributed by atoms with E-state index in [1.54, 1.807) is 25.0 Å². The van der Waals surface area contributed by atoms with Gasteiger partial charge in [0.05, 0.1) is 14.2 Å². The number of carboxylic acids is 1. The third kappa shape index (κ3) is 3.68. The third-order valence-corrected chi connectivity index (χ3v) is 4.02. The Morgan fingerprint density at radius 1 is 1.08 bits per heavy atom. The van der Waals surface area contributed by atoms with Crippen molar-refractivity contribution in [1.29, 1.82) is 0 Å². The number of hydrogen-bond acceptors (Lipinski definition) is 4. The fourth-order valence-electron chi connectivity index (χ4n) is 2.79. The summed E-state index contributed by atoms with van der Waals surface area (Å²) in [5.41, 5.74) is 2.94. The van der Waals surface area contributed by atoms with Crippen LogP contribution in [0.5, 0.6) is 11.5 Å². The summed E-state index contributed by atoms with van der Waals surface area (Å²) in [5.74, 6) is 0.545. The molecule has 2 aromatic carbocycles. The molecular formula is C19H20N2O4. The summed E-state index contributed by atoms with van der Waals surface area (Å²) in [5, 5.41) is 13.3. The SMILES string of the molecule is COc1ccc(CNc2ccc3c(ccn3CC(=O)O)c2)cc1OC. The van der Waals surface area contributed by atoms with Crippen LogP contribution in [0.3, 0.4) is 0 Å². The van der Waals surface area contributed by atoms with Gasteiger partial charge in [0.25, 0.3) is 0 Å². The highest BCUT2D eigenvalue weighted by atomic mass is 16.5. The van der Waals surface area contributed by atoms with E-state index >= 15 is 0 Å². The molecule has 0 spiro atoms. The maximum absolute atomic E-state index is 10.9. The number of methoxy groups -OCH3 is 2. The number of nitrogens with zero attached hydrogens (tertiary/aromatic N) is 1. The van der Waals surface area contributed by atoms with Gasteiger partial charge in [-0.05, 0) is 42.0 Å². The van der Waals surface area contributed by atoms with Crippen LogP contribution in [-0.4, -0.2) is 29.9 Å². The van der Waals surface area contributed by atoms with Gasteiger partial charge in [0.15, 0.2) is 11.5 Å². The molecule has 1 aromatic heterocycles. The molecule has 25 heavy (non-hydrogen) atoms. The molecule has 6 nitrogen and oxygen atoms in total. The molecule has 3 aromatic rings. The van der Waals surface area contributed by atoms with Gasteiger partial charge in [0.2, 0.25) is 0 Å². The maximum Gasteiger partial charge on any atom is 0.323 e. The van der Waals surface area contributed by atoms with E-state index < -0.39 is 5.97 Å². The smallest absolute Gasteiger partial charge is 0.323 e. The van der Waals surface area contributed by atoms with Crippen LogP contribution in [0.15, 0.2) is 48.7 Å². The molecule has 6 heteroatoms. The van der Waals surface area contributed by atoms with Crippen molar-refractivity contribution in [3.8, 4) is 11.5 Å². The summed E-state index contributed by atoms with van der Waals surface area (Å²) in [6, 6.07) is 13.6. The Morgan fingerprint density at radius 2 is 1.88 bits per heavy atom. The number of rotatable bonds is 7. The summed E-state index contributed by atoms with van der Waals surface area (Å²) in [6.07, 6.45) is 1.79. The van der Waals surface area contributed by atoms with Crippen LogP contribution in [0.4, 0.5) is 5.69 Å². The summed E-state index contributed by atoms with van der Waals surface area (Å²) in [7, 11) is 3.23. The molecule has 0 bridgehead atoms. The number of aromatic nitrogens is 1. The number of aliphatic carboxylic acids is 1. The minimum atomic E-state index is -0.854. The summed E-state index contributed by atoms with van der Waals surface area (Å²) in [4.78, 5) is 10.9. The van der Waals surface area contributed by atoms with Gasteiger partial charge in [-0.2, -0.15) is 0 Å². The van der Waals surface area contributed by atoms with Gasteiger partial charge < -0.3 is 24.5 Å². The highest BCUT2D eigenvalue weighted by Crippen LogP contribution is 2.28. The van der Waals surface area contributed by atoms with Gasteiger partial charge in [-0.25, -0.2) is 0 Å². The fraction of sp³-hybridized carbons (Fsp3) is 0.211. The number of benzene rings is 2. The van der Waals surface area contributed by atoms with Crippen LogP contribution < -0.4 is 14.8 Å². The molecule has 0 fully saturated rings. The van der Waals surface area contributed by atoms with Crippen molar-refractivity contribution in [3.63, 3.8) is 0 Å². The number of carbonyl (C=O) groups is 1. The molecule has 2 N–H and O–H groups in total. The van der Waals surface area contributed by atoms with E-state index in [9.17, 15) is 4.79 Å². The van der Waals surface area contributed by atoms with Crippen molar-refractivity contribution in [2.75, 3.05) is 19.5 Å². The Bertz CT molecular complexity index is 902. The molecule has 0 saturated heterocycles. The predicted octanol–water partition coefficient (Wildman–Crippen LogP) is 3.36. The Hall–Kier alpha value is -3.15. The highest BCUT2D eigenvalue weighted by Gasteiger charge is 2.07. The molecule has 1 heterocycles. The van der Waals surface area contributed by atoms with E-state index in [1.807, 2.05) is 42.5 Å². The maximum atomic E-state index is 10.9. The molecule has 0 radical (unpaired) electrons. The number of hydrogen-bond donors (Lipinski definition) is 2. The normalized spacial score (nSPS) is 10.6. The summed E-state index contributed by atoms with van der Waals surface area (Å²) >= 11 is 0. The fourth-order valence-corrected chi connectivity index (χ4v) is 2.79. The van der Waals surface area contributed by atoms with Gasteiger partial charge >= 0.3 is 5.97 Å². The standard InChI is InChI=1S/C19H20N2O4/c1-24-17-6-3-13(9-18(17)25-2)11-20-15-4-5-16-14(10-15)7-8-21(16)12-19(22)23/h3-10,20H,11-12H2,1-2H3,(H,22,23). The van der Waals surface area contributed by atoms with Gasteiger partial charge in [0, 0.05) is 29.3 Å². The largest absolute Gasteiger partial charge is 0.493 e. The van der Waals surface area contributed by atoms with Crippen molar-refractivity contribution in [1.82, 2.24) is 4.57 Å². The second-order valence-corrected chi connectivity index (χ2v) is 5.65. The number of anilines is 1. The van der Waals surface area contributed by atoms with Crippen LogP contribution >= 0.6 is 0 Å². The zero-order chi connectivity index (χ0) is 17.8. The molecule has 0 aliphatic heterocycles. The first-order chi connectivity index (χ1) is 12.1. The molecule has 0 amide bonds. The first-order valence-electron chi connectivity index (χ1n) is 7.86. The first-order valence-corrected chi connectivity index (χ1v) is 7.86. The zero-order valence-electron chi connectivity index (χ0n) is 14.2. The zero-order valence-corrected chi connectivity index (χ0v) is 14.2. The molecular weight excluding hydrogens is 320 g/mol. The third-order valence-electron chi connectivity index (χ3n) is 4.02. The molecule has 3 rings (SSSR count). The summed E-state index contributed by atoms with van der Waals surface area (Å²) < 4.78 is 12.3. The van der Waals surface area contributed by atoms with E-state index in [1.165, 1.54) is 0 Å². The van der Waals surface area contributed by atoms with Crippen LogP contribution in [0.25, 0.3) is 10.9 Å². The van der Waals surface area contributed by atoms with E-state index in [-0.39, 0.29) is 6.54 Å². The van der Waals surface area contributed by atoms with Crippen LogP contribution in [-0.2, 0) is 17.9 Å². The second-order valence-electron chi connectivity index (χ2n) is 5.65. The lowest BCUT2D eigenvalue weighted by molar-refractivity contribution is -0.137. The van der Waals surface area contributed by atoms with E-state index in [0.29, 0.717) is 18.0 Å². The number of fused-ring (bicyclic) bond motifs is 1. The highest BCUT2D eigenvalue weighted by molar-refractivity contribution is 5.85. The van der Waals surface area contributed by atoms with Gasteiger partial charge in [-0.3, -0.25) is 4.79 Å². The Kier molecular flexibility index (Phi) is 4.79. The Balaban J connectivity index is 1.74. The van der Waals surface area contributed by atoms with Gasteiger partial charge in [0.1, 0.15) is 6.54 Å². The van der Waals surface area contributed by atoms with Crippen molar-refractivity contribution < 1.29 is 19.4 Å². The molecule has 0 aliphatic rings. The average Bonchev–Trinajstić information content (AvgIpc) is 3.01. The Morgan fingerprint density at radius 3 is 2.60 bits per heavy atom. The van der Waals surface area contributed by atoms with Crippen LogP contribution in [0.2, 0.25) is 0 Å². The second kappa shape index (κ2) is 7.17. The Labute approximate surface area is 145 Å². The minimum Gasteiger partial charge on any atom is -0.493 e. The van der Waals surface area contributed by atoms with Gasteiger partial charge in [-0.1, -0.05) is 6.07 Å². The van der Waals surface area contributed by atoms with Crippen molar-refractivity contribution in [3.05, 3.63) is 54.2 Å². The molecule has 0 atom stereocenters. The van der Waals surface area contributed by atoms with Crippen molar-refractivity contribution in [2.45, 2.75) is 13.1 Å². The molecule has 0 aliphatic carbocycles. The summed E-state index contributed by atoms with van der Waals surface area (Å²) in [6.45, 7) is 0.601. The molecule has 130 valence electrons. The van der Waals surface area contributed by atoms with E-state index in [0.717, 1.165) is 22.2 Å². The van der Waals surface area contributed by atoms with Crippen LogP contribution in [0.1, 0.15) is 5.56 Å². The van der Waals surface area contributed by atoms with E-state index in [4.69, 9.17) is 14.6 Å². The monoisotopic (exact) mass is 340 g/mol. The lowest BCUT2D eigenvalue weighted by atomic mass is 10.2. The van der Waals surface area contributed by atoms with Crippen molar-refractivity contribution in [2.24, 2.45) is 0 Å². The molecule has 0 unspecified atom stereocenters. The first kappa shape index (κ1) is 16.7. The average molecular weight is 340 g/mol. The van der Waals surface area contributed by atoms with Crippen LogP contribution in [0, 0.1) is 0 Å². The van der Waals surface area contributed by atoms with E-state index in [2.05, 4.69) is 5.32 Å². The quantitative estimate of drug-likeness (QED) is 0.690. The van der Waals surface area contributed by atoms with Gasteiger partial charge in [-0.15, -0.1) is 0 Å². The predicted molar refractivity (Wildman–Crippen MR) is 96.4 cm³/mol. The molecule has 0 saturated carbocycles.